The number of hydrogen-bond donors (Lipinski definition) is 2. The number of nitrogens with one attached hydrogen (secondary N) is 1. The number of carbonyl (C=O) groups is 1. The van der Waals surface area contributed by atoms with Gasteiger partial charge in [-0.15, -0.1) is 0 Å². The summed E-state index contributed by atoms with van der Waals surface area (Å²) in [5, 5.41) is 16.5. The third-order valence-electron chi connectivity index (χ3n) is 5.98. The van der Waals surface area contributed by atoms with Crippen molar-refractivity contribution in [2.24, 2.45) is 0 Å². The molecule has 1 saturated carbocycles. The summed E-state index contributed by atoms with van der Waals surface area (Å²) in [6.07, 6.45) is 5.02. The normalized spacial score (nSPS) is 16.3. The van der Waals surface area contributed by atoms with E-state index in [0.29, 0.717) is 0 Å². The Morgan fingerprint density at radius 1 is 1.11 bits per heavy atom. The minimum absolute atomic E-state index is 0.644. The molecule has 2 aliphatic rings. The summed E-state index contributed by atoms with van der Waals surface area (Å²) in [6, 6.07) is 12.6. The Morgan fingerprint density at radius 3 is 2.48 bits per heavy atom. The van der Waals surface area contributed by atoms with E-state index in [2.05, 4.69) is 40.8 Å². The number of rotatable bonds is 4. The number of aryl methyl sites for hydroxylation is 2. The fraction of sp³-hybridized carbons (Fsp3) is 0.273. The van der Waals surface area contributed by atoms with Gasteiger partial charge in [-0.3, -0.25) is 4.79 Å². The molecule has 0 radical (unpaired) electrons. The highest BCUT2D eigenvalue weighted by molar-refractivity contribution is 5.86. The molecule has 2 N–H and O–H groups in total. The summed E-state index contributed by atoms with van der Waals surface area (Å²) in [7, 11) is 1.85. The van der Waals surface area contributed by atoms with Gasteiger partial charge < -0.3 is 14.9 Å². The van der Waals surface area contributed by atoms with Crippen molar-refractivity contribution in [3.8, 4) is 22.5 Å². The van der Waals surface area contributed by atoms with Crippen molar-refractivity contribution in [2.75, 3.05) is 12.4 Å². The molecule has 0 unspecified atom stereocenters. The summed E-state index contributed by atoms with van der Waals surface area (Å²) in [6.45, 7) is 0. The molecule has 0 aliphatic heterocycles. The molecule has 0 atom stereocenters. The third-order valence-corrected chi connectivity index (χ3v) is 5.98. The van der Waals surface area contributed by atoms with Gasteiger partial charge in [-0.1, -0.05) is 35.5 Å². The lowest BCUT2D eigenvalue weighted by Gasteiger charge is -2.22. The van der Waals surface area contributed by atoms with Crippen LogP contribution in [-0.2, 0) is 23.1 Å². The Kier molecular flexibility index (Phi) is 3.41. The molecule has 5 nitrogen and oxygen atoms in total. The molecule has 0 saturated heterocycles. The van der Waals surface area contributed by atoms with Crippen LogP contribution < -0.4 is 5.32 Å². The van der Waals surface area contributed by atoms with E-state index in [9.17, 15) is 9.90 Å². The van der Waals surface area contributed by atoms with Gasteiger partial charge in [0, 0.05) is 12.6 Å². The molecule has 27 heavy (non-hydrogen) atoms. The molecule has 0 bridgehead atoms. The van der Waals surface area contributed by atoms with Crippen LogP contribution in [0.25, 0.3) is 22.5 Å². The fourth-order valence-electron chi connectivity index (χ4n) is 4.21. The van der Waals surface area contributed by atoms with Crippen LogP contribution >= 0.6 is 0 Å². The highest BCUT2D eigenvalue weighted by Crippen LogP contribution is 2.49. The van der Waals surface area contributed by atoms with Gasteiger partial charge in [0.1, 0.15) is 5.69 Å². The number of fused-ring (bicyclic) bond motifs is 3. The maximum atomic E-state index is 11.6. The maximum Gasteiger partial charge on any atom is 0.314 e. The van der Waals surface area contributed by atoms with Crippen LogP contribution in [0.15, 0.2) is 47.1 Å². The van der Waals surface area contributed by atoms with Gasteiger partial charge in [0.25, 0.3) is 0 Å². The number of anilines is 1. The predicted molar refractivity (Wildman–Crippen MR) is 103 cm³/mol. The summed E-state index contributed by atoms with van der Waals surface area (Å²) in [5.41, 5.74) is 7.15. The first-order chi connectivity index (χ1) is 13.1. The largest absolute Gasteiger partial charge is 0.481 e. The second-order valence-corrected chi connectivity index (χ2v) is 7.45. The molecular formula is C22H20N2O3. The summed E-state index contributed by atoms with van der Waals surface area (Å²) in [5.74, 6) is 0.0503. The molecule has 1 fully saturated rings. The van der Waals surface area contributed by atoms with Crippen molar-refractivity contribution < 1.29 is 14.4 Å². The Hall–Kier alpha value is -3.08. The SMILES string of the molecule is CNc1cnoc1-c1ccc2c(c1)CCc1cc(C3(C(=O)O)CC3)ccc1-2. The Balaban J connectivity index is 1.55. The lowest BCUT2D eigenvalue weighted by atomic mass is 9.82. The van der Waals surface area contributed by atoms with Crippen molar-refractivity contribution in [3.63, 3.8) is 0 Å². The Bertz CT molecular complexity index is 1060. The van der Waals surface area contributed by atoms with Gasteiger partial charge in [0.15, 0.2) is 5.76 Å². The average Bonchev–Trinajstić information content (AvgIpc) is 3.38. The van der Waals surface area contributed by atoms with Crippen molar-refractivity contribution >= 4 is 11.7 Å². The minimum Gasteiger partial charge on any atom is -0.481 e. The first kappa shape index (κ1) is 16.1. The van der Waals surface area contributed by atoms with Gasteiger partial charge in [0.05, 0.1) is 11.6 Å². The monoisotopic (exact) mass is 360 g/mol. The number of hydrogen-bond acceptors (Lipinski definition) is 4. The van der Waals surface area contributed by atoms with Crippen LogP contribution in [0.3, 0.4) is 0 Å². The lowest BCUT2D eigenvalue weighted by molar-refractivity contribution is -0.140. The van der Waals surface area contributed by atoms with Crippen LogP contribution in [0.5, 0.6) is 0 Å². The van der Waals surface area contributed by atoms with E-state index in [0.717, 1.165) is 48.3 Å². The predicted octanol–water partition coefficient (Wildman–Crippen LogP) is 4.27. The number of benzene rings is 2. The van der Waals surface area contributed by atoms with Crippen LogP contribution in [-0.4, -0.2) is 23.3 Å². The molecule has 2 aromatic carbocycles. The Morgan fingerprint density at radius 2 is 1.81 bits per heavy atom. The number of aliphatic carboxylic acids is 1. The first-order valence-corrected chi connectivity index (χ1v) is 9.25. The summed E-state index contributed by atoms with van der Waals surface area (Å²) < 4.78 is 5.42. The van der Waals surface area contributed by atoms with Crippen LogP contribution in [0.4, 0.5) is 5.69 Å². The number of nitrogens with zero attached hydrogens (tertiary/aromatic N) is 1. The number of carboxylic acid groups (broad SMARTS) is 1. The van der Waals surface area contributed by atoms with Crippen molar-refractivity contribution in [3.05, 3.63) is 59.3 Å². The topological polar surface area (TPSA) is 75.4 Å². The molecule has 5 rings (SSSR count). The second kappa shape index (κ2) is 5.71. The van der Waals surface area contributed by atoms with E-state index in [-0.39, 0.29) is 0 Å². The first-order valence-electron chi connectivity index (χ1n) is 9.25. The van der Waals surface area contributed by atoms with Gasteiger partial charge in [0.2, 0.25) is 0 Å². The van der Waals surface area contributed by atoms with E-state index in [1.54, 1.807) is 6.20 Å². The van der Waals surface area contributed by atoms with E-state index in [1.807, 2.05) is 13.1 Å². The van der Waals surface area contributed by atoms with Crippen molar-refractivity contribution in [2.45, 2.75) is 31.1 Å². The lowest BCUT2D eigenvalue weighted by Crippen LogP contribution is -2.20. The minimum atomic E-state index is -0.698. The number of aromatic nitrogens is 1. The molecule has 0 amide bonds. The fourth-order valence-corrected chi connectivity index (χ4v) is 4.21. The average molecular weight is 360 g/mol. The quantitative estimate of drug-likeness (QED) is 0.727. The van der Waals surface area contributed by atoms with Crippen molar-refractivity contribution in [1.82, 2.24) is 5.16 Å². The molecule has 3 aromatic rings. The molecule has 1 aromatic heterocycles. The second-order valence-electron chi connectivity index (χ2n) is 7.45. The molecule has 0 spiro atoms. The summed E-state index contributed by atoms with van der Waals surface area (Å²) in [4.78, 5) is 11.6. The zero-order valence-corrected chi connectivity index (χ0v) is 15.1. The molecule has 5 heteroatoms. The highest BCUT2D eigenvalue weighted by Gasteiger charge is 2.51. The van der Waals surface area contributed by atoms with E-state index < -0.39 is 11.4 Å². The van der Waals surface area contributed by atoms with Gasteiger partial charge in [-0.25, -0.2) is 0 Å². The van der Waals surface area contributed by atoms with E-state index in [4.69, 9.17) is 4.52 Å². The highest BCUT2D eigenvalue weighted by atomic mass is 16.5. The number of carboxylic acids is 1. The third kappa shape index (κ3) is 2.38. The zero-order chi connectivity index (χ0) is 18.6. The van der Waals surface area contributed by atoms with Crippen molar-refractivity contribution in [1.29, 1.82) is 0 Å². The Labute approximate surface area is 157 Å². The van der Waals surface area contributed by atoms with Gasteiger partial charge in [-0.05, 0) is 59.6 Å². The molecular weight excluding hydrogens is 340 g/mol. The van der Waals surface area contributed by atoms with Crippen LogP contribution in [0.1, 0.15) is 29.5 Å². The molecule has 2 aliphatic carbocycles. The smallest absolute Gasteiger partial charge is 0.314 e. The summed E-state index contributed by atoms with van der Waals surface area (Å²) >= 11 is 0. The maximum absolute atomic E-state index is 11.6. The van der Waals surface area contributed by atoms with E-state index >= 15 is 0 Å². The van der Waals surface area contributed by atoms with Crippen LogP contribution in [0, 0.1) is 0 Å². The molecule has 1 heterocycles. The van der Waals surface area contributed by atoms with Gasteiger partial charge >= 0.3 is 5.97 Å². The zero-order valence-electron chi connectivity index (χ0n) is 15.1. The van der Waals surface area contributed by atoms with Crippen LogP contribution in [0.2, 0.25) is 0 Å². The van der Waals surface area contributed by atoms with E-state index in [1.165, 1.54) is 22.3 Å². The van der Waals surface area contributed by atoms with Gasteiger partial charge in [-0.2, -0.15) is 0 Å². The molecule has 136 valence electrons. The standard InChI is InChI=1S/C22H20N2O3/c1-23-19-12-24-27-20(19)15-4-6-17-13(10-15)2-3-14-11-16(5-7-18(14)17)22(8-9-22)21(25)26/h4-7,10-12,23H,2-3,8-9H2,1H3,(H,25,26).